The van der Waals surface area contributed by atoms with Gasteiger partial charge in [-0.3, -0.25) is 9.59 Å². The number of carbonyl (C=O) groups excluding carboxylic acids is 2. The summed E-state index contributed by atoms with van der Waals surface area (Å²) in [7, 11) is 0. The number of benzene rings is 1. The quantitative estimate of drug-likeness (QED) is 0.740. The van der Waals surface area contributed by atoms with E-state index in [2.05, 4.69) is 0 Å². The predicted molar refractivity (Wildman–Crippen MR) is 56.4 cm³/mol. The highest BCUT2D eigenvalue weighted by Crippen LogP contribution is 2.05. The number of rotatable bonds is 6. The second-order valence-electron chi connectivity index (χ2n) is 3.48. The molecule has 0 unspecified atom stereocenters. The van der Waals surface area contributed by atoms with Gasteiger partial charge in [-0.05, 0) is 24.1 Å². The molecule has 0 spiro atoms. The first kappa shape index (κ1) is 12.5. The molecule has 0 aliphatic heterocycles. The second-order valence-corrected chi connectivity index (χ2v) is 3.48. The van der Waals surface area contributed by atoms with E-state index in [1.807, 2.05) is 0 Å². The minimum atomic E-state index is -0.500. The molecule has 0 fully saturated rings. The maximum Gasteiger partial charge on any atom is 0.202 e. The molecular formula is C12H13FO3. The Morgan fingerprint density at radius 3 is 2.31 bits per heavy atom. The first-order chi connectivity index (χ1) is 7.63. The van der Waals surface area contributed by atoms with Gasteiger partial charge in [0.1, 0.15) is 5.82 Å². The Kier molecular flexibility index (Phi) is 4.79. The van der Waals surface area contributed by atoms with E-state index in [0.717, 1.165) is 0 Å². The maximum atomic E-state index is 12.6. The van der Waals surface area contributed by atoms with Gasteiger partial charge in [0.15, 0.2) is 5.78 Å². The zero-order valence-corrected chi connectivity index (χ0v) is 8.78. The lowest BCUT2D eigenvalue weighted by Gasteiger charge is -2.00. The van der Waals surface area contributed by atoms with Crippen LogP contribution in [-0.2, 0) is 16.0 Å². The zero-order chi connectivity index (χ0) is 12.0. The minimum Gasteiger partial charge on any atom is -0.396 e. The topological polar surface area (TPSA) is 54.4 Å². The van der Waals surface area contributed by atoms with Crippen molar-refractivity contribution >= 4 is 11.6 Å². The van der Waals surface area contributed by atoms with Crippen molar-refractivity contribution in [2.45, 2.75) is 19.3 Å². The Bertz CT molecular complexity index is 370. The van der Waals surface area contributed by atoms with Crippen LogP contribution in [-0.4, -0.2) is 23.3 Å². The molecule has 1 aromatic carbocycles. The van der Waals surface area contributed by atoms with Gasteiger partial charge in [-0.25, -0.2) is 4.39 Å². The van der Waals surface area contributed by atoms with Crippen molar-refractivity contribution < 1.29 is 19.1 Å². The summed E-state index contributed by atoms with van der Waals surface area (Å²) < 4.78 is 12.6. The van der Waals surface area contributed by atoms with E-state index >= 15 is 0 Å². The summed E-state index contributed by atoms with van der Waals surface area (Å²) in [6.45, 7) is -0.102. The summed E-state index contributed by atoms with van der Waals surface area (Å²) in [6, 6.07) is 5.46. The number of hydrogen-bond acceptors (Lipinski definition) is 3. The van der Waals surface area contributed by atoms with Gasteiger partial charge in [0.2, 0.25) is 5.78 Å². The Morgan fingerprint density at radius 2 is 1.75 bits per heavy atom. The number of halogens is 1. The molecule has 0 amide bonds. The summed E-state index contributed by atoms with van der Waals surface area (Å²) in [5.41, 5.74) is 0.615. The van der Waals surface area contributed by atoms with Gasteiger partial charge < -0.3 is 5.11 Å². The van der Waals surface area contributed by atoms with Gasteiger partial charge in [0.05, 0.1) is 0 Å². The molecule has 0 aliphatic carbocycles. The van der Waals surface area contributed by atoms with Crippen LogP contribution in [0.15, 0.2) is 24.3 Å². The molecule has 0 bridgehead atoms. The number of ketones is 2. The van der Waals surface area contributed by atoms with E-state index in [4.69, 9.17) is 5.11 Å². The Labute approximate surface area is 92.9 Å². The molecule has 0 saturated carbocycles. The maximum absolute atomic E-state index is 12.6. The normalized spacial score (nSPS) is 10.1. The monoisotopic (exact) mass is 224 g/mol. The molecule has 86 valence electrons. The van der Waals surface area contributed by atoms with E-state index in [9.17, 15) is 14.0 Å². The number of hydrogen-bond donors (Lipinski definition) is 1. The summed E-state index contributed by atoms with van der Waals surface area (Å²) >= 11 is 0. The molecule has 0 atom stereocenters. The lowest BCUT2D eigenvalue weighted by Crippen LogP contribution is -2.16. The zero-order valence-electron chi connectivity index (χ0n) is 8.78. The van der Waals surface area contributed by atoms with Crippen LogP contribution >= 0.6 is 0 Å². The predicted octanol–water partition coefficient (Wildman–Crippen LogP) is 1.28. The number of Topliss-reactive ketones (excluding diaryl/α,β-unsaturated/α-hetero) is 2. The van der Waals surface area contributed by atoms with Crippen molar-refractivity contribution in [1.82, 2.24) is 0 Å². The van der Waals surface area contributed by atoms with Crippen LogP contribution in [0.4, 0.5) is 4.39 Å². The van der Waals surface area contributed by atoms with E-state index in [1.54, 1.807) is 0 Å². The summed E-state index contributed by atoms with van der Waals surface area (Å²) in [5.74, 6) is -1.36. The highest BCUT2D eigenvalue weighted by Gasteiger charge is 2.13. The van der Waals surface area contributed by atoms with Gasteiger partial charge in [-0.15, -0.1) is 0 Å². The van der Waals surface area contributed by atoms with Gasteiger partial charge in [-0.2, -0.15) is 0 Å². The van der Waals surface area contributed by atoms with Crippen LogP contribution in [0.3, 0.4) is 0 Å². The fourth-order valence-corrected chi connectivity index (χ4v) is 1.27. The van der Waals surface area contributed by atoms with E-state index in [0.29, 0.717) is 12.0 Å². The number of aliphatic hydroxyl groups is 1. The third-order valence-corrected chi connectivity index (χ3v) is 2.15. The lowest BCUT2D eigenvalue weighted by molar-refractivity contribution is -0.136. The molecule has 16 heavy (non-hydrogen) atoms. The van der Waals surface area contributed by atoms with E-state index in [-0.39, 0.29) is 25.3 Å². The molecule has 1 rings (SSSR count). The van der Waals surface area contributed by atoms with Crippen LogP contribution in [0.1, 0.15) is 18.4 Å². The van der Waals surface area contributed by atoms with Crippen LogP contribution in [0, 0.1) is 5.82 Å². The van der Waals surface area contributed by atoms with Crippen LogP contribution in [0.25, 0.3) is 0 Å². The fraction of sp³-hybridized carbons (Fsp3) is 0.333. The largest absolute Gasteiger partial charge is 0.396 e. The van der Waals surface area contributed by atoms with Crippen molar-refractivity contribution in [2.24, 2.45) is 0 Å². The molecular weight excluding hydrogens is 211 g/mol. The Hall–Kier alpha value is -1.55. The number of aliphatic hydroxyl groups excluding tert-OH is 1. The van der Waals surface area contributed by atoms with E-state index < -0.39 is 11.6 Å². The third kappa shape index (κ3) is 3.90. The third-order valence-electron chi connectivity index (χ3n) is 2.15. The first-order valence-electron chi connectivity index (χ1n) is 5.05. The molecule has 0 saturated heterocycles. The standard InChI is InChI=1S/C12H13FO3/c13-10-5-3-9(4-6-10)8-12(16)11(15)2-1-7-14/h3-6,14H,1-2,7-8H2. The van der Waals surface area contributed by atoms with Crippen molar-refractivity contribution in [3.8, 4) is 0 Å². The van der Waals surface area contributed by atoms with Crippen molar-refractivity contribution in [3.05, 3.63) is 35.6 Å². The van der Waals surface area contributed by atoms with Crippen LogP contribution < -0.4 is 0 Å². The average molecular weight is 224 g/mol. The van der Waals surface area contributed by atoms with Crippen molar-refractivity contribution in [3.63, 3.8) is 0 Å². The fourth-order valence-electron chi connectivity index (χ4n) is 1.27. The van der Waals surface area contributed by atoms with Crippen molar-refractivity contribution in [1.29, 1.82) is 0 Å². The highest BCUT2D eigenvalue weighted by atomic mass is 19.1. The summed E-state index contributed by atoms with van der Waals surface area (Å²) in [6.07, 6.45) is 0.356. The second kappa shape index (κ2) is 6.12. The molecule has 1 aromatic rings. The van der Waals surface area contributed by atoms with E-state index in [1.165, 1.54) is 24.3 Å². The van der Waals surface area contributed by atoms with Gasteiger partial charge in [0, 0.05) is 19.4 Å². The summed E-state index contributed by atoms with van der Waals surface area (Å²) in [4.78, 5) is 22.6. The van der Waals surface area contributed by atoms with Gasteiger partial charge in [0.25, 0.3) is 0 Å². The molecule has 3 nitrogen and oxygen atoms in total. The summed E-state index contributed by atoms with van der Waals surface area (Å²) in [5, 5.41) is 8.51. The SMILES string of the molecule is O=C(CCCO)C(=O)Cc1ccc(F)cc1. The van der Waals surface area contributed by atoms with Crippen LogP contribution in [0.2, 0.25) is 0 Å². The van der Waals surface area contributed by atoms with Crippen LogP contribution in [0.5, 0.6) is 0 Å². The Balaban J connectivity index is 2.51. The molecule has 0 heterocycles. The molecule has 0 radical (unpaired) electrons. The molecule has 1 N–H and O–H groups in total. The lowest BCUT2D eigenvalue weighted by atomic mass is 10.0. The van der Waals surface area contributed by atoms with Gasteiger partial charge in [-0.1, -0.05) is 12.1 Å². The molecule has 0 aliphatic rings. The molecule has 0 aromatic heterocycles. The van der Waals surface area contributed by atoms with Gasteiger partial charge >= 0.3 is 0 Å². The smallest absolute Gasteiger partial charge is 0.202 e. The average Bonchev–Trinajstić information content (AvgIpc) is 2.29. The first-order valence-corrected chi connectivity index (χ1v) is 5.05. The Morgan fingerprint density at radius 1 is 1.12 bits per heavy atom. The minimum absolute atomic E-state index is 0.00938. The number of carbonyl (C=O) groups is 2. The highest BCUT2D eigenvalue weighted by molar-refractivity contribution is 6.37. The van der Waals surface area contributed by atoms with Crippen molar-refractivity contribution in [2.75, 3.05) is 6.61 Å². The molecule has 4 heteroatoms.